The van der Waals surface area contributed by atoms with Gasteiger partial charge in [0.05, 0.1) is 23.2 Å². The van der Waals surface area contributed by atoms with Gasteiger partial charge in [-0.1, -0.05) is 19.1 Å². The van der Waals surface area contributed by atoms with Crippen molar-refractivity contribution in [2.24, 2.45) is 5.92 Å². The summed E-state index contributed by atoms with van der Waals surface area (Å²) in [5.41, 5.74) is 1.28. The monoisotopic (exact) mass is 398 g/mol. The van der Waals surface area contributed by atoms with Crippen LogP contribution in [0, 0.1) is 11.7 Å². The van der Waals surface area contributed by atoms with Crippen LogP contribution < -0.4 is 11.0 Å². The number of aromatic amines is 2. The van der Waals surface area contributed by atoms with Crippen molar-refractivity contribution in [3.05, 3.63) is 64.3 Å². The zero-order valence-corrected chi connectivity index (χ0v) is 16.0. The van der Waals surface area contributed by atoms with Gasteiger partial charge in [0.2, 0.25) is 5.91 Å². The summed E-state index contributed by atoms with van der Waals surface area (Å²) >= 11 is 0. The van der Waals surface area contributed by atoms with Crippen LogP contribution in [-0.2, 0) is 10.4 Å². The lowest BCUT2D eigenvalue weighted by Gasteiger charge is -2.43. The number of nitrogens with one attached hydrogen (secondary N) is 3. The number of piperidine rings is 1. The van der Waals surface area contributed by atoms with E-state index in [2.05, 4.69) is 15.3 Å². The molecule has 1 saturated heterocycles. The van der Waals surface area contributed by atoms with E-state index in [9.17, 15) is 19.1 Å². The molecule has 0 saturated carbocycles. The van der Waals surface area contributed by atoms with Crippen molar-refractivity contribution < 1.29 is 14.3 Å². The highest BCUT2D eigenvalue weighted by Gasteiger charge is 2.40. The predicted molar refractivity (Wildman–Crippen MR) is 108 cm³/mol. The van der Waals surface area contributed by atoms with Crippen LogP contribution in [0.25, 0.3) is 11.0 Å². The quantitative estimate of drug-likeness (QED) is 0.541. The van der Waals surface area contributed by atoms with E-state index in [4.69, 9.17) is 0 Å². The van der Waals surface area contributed by atoms with Crippen molar-refractivity contribution in [2.45, 2.75) is 18.9 Å². The third-order valence-corrected chi connectivity index (χ3v) is 5.67. The van der Waals surface area contributed by atoms with Gasteiger partial charge >= 0.3 is 5.69 Å². The second-order valence-electron chi connectivity index (χ2n) is 7.70. The first-order valence-electron chi connectivity index (χ1n) is 9.56. The number of nitrogens with zero attached hydrogens (tertiary/aromatic N) is 1. The minimum Gasteiger partial charge on any atom is -0.385 e. The molecule has 2 aromatic carbocycles. The zero-order chi connectivity index (χ0) is 20.6. The maximum absolute atomic E-state index is 13.2. The number of fused-ring (bicyclic) bond motifs is 1. The molecule has 1 amide bonds. The van der Waals surface area contributed by atoms with Crippen LogP contribution in [0.2, 0.25) is 0 Å². The molecular formula is C21H23FN4O3. The Labute approximate surface area is 166 Å². The first-order valence-corrected chi connectivity index (χ1v) is 9.56. The number of likely N-dealkylation sites (tertiary alicyclic amines) is 1. The van der Waals surface area contributed by atoms with Gasteiger partial charge in [0.25, 0.3) is 0 Å². The summed E-state index contributed by atoms with van der Waals surface area (Å²) in [5, 5.41) is 14.0. The number of H-pyrrole nitrogens is 2. The SMILES string of the molecule is C[C@@H]1CN(CC(=O)Nc2ccc3[nH]c(=O)[nH]c3c2)CC[C@]1(O)c1ccc(F)cc1. The van der Waals surface area contributed by atoms with Crippen molar-refractivity contribution in [1.29, 1.82) is 0 Å². The van der Waals surface area contributed by atoms with E-state index in [0.29, 0.717) is 41.8 Å². The van der Waals surface area contributed by atoms with Crippen LogP contribution in [-0.4, -0.2) is 45.5 Å². The van der Waals surface area contributed by atoms with Gasteiger partial charge in [0.1, 0.15) is 5.82 Å². The number of hydrogen-bond acceptors (Lipinski definition) is 4. The Kier molecular flexibility index (Phi) is 4.97. The predicted octanol–water partition coefficient (Wildman–Crippen LogP) is 2.16. The summed E-state index contributed by atoms with van der Waals surface area (Å²) in [6, 6.07) is 11.1. The number of hydrogen-bond donors (Lipinski definition) is 4. The first kappa shape index (κ1) is 19.4. The van der Waals surface area contributed by atoms with E-state index in [0.717, 1.165) is 0 Å². The lowest BCUT2D eigenvalue weighted by molar-refractivity contribution is -0.120. The average molecular weight is 398 g/mol. The topological polar surface area (TPSA) is 101 Å². The summed E-state index contributed by atoms with van der Waals surface area (Å²) in [4.78, 5) is 31.1. The number of benzene rings is 2. The van der Waals surface area contributed by atoms with Crippen molar-refractivity contribution in [3.63, 3.8) is 0 Å². The fraction of sp³-hybridized carbons (Fsp3) is 0.333. The highest BCUT2D eigenvalue weighted by Crippen LogP contribution is 2.37. The Balaban J connectivity index is 1.38. The molecule has 7 nitrogen and oxygen atoms in total. The molecule has 29 heavy (non-hydrogen) atoms. The average Bonchev–Trinajstić information content (AvgIpc) is 3.04. The number of carbonyl (C=O) groups is 1. The van der Waals surface area contributed by atoms with Gasteiger partial charge in [-0.2, -0.15) is 0 Å². The van der Waals surface area contributed by atoms with Crippen LogP contribution in [0.4, 0.5) is 10.1 Å². The summed E-state index contributed by atoms with van der Waals surface area (Å²) in [5.74, 6) is -0.613. The van der Waals surface area contributed by atoms with E-state index in [1.807, 2.05) is 11.8 Å². The number of carbonyl (C=O) groups excluding carboxylic acids is 1. The van der Waals surface area contributed by atoms with Crippen LogP contribution >= 0.6 is 0 Å². The smallest absolute Gasteiger partial charge is 0.323 e. The molecule has 8 heteroatoms. The summed E-state index contributed by atoms with van der Waals surface area (Å²) in [7, 11) is 0. The normalized spacial score (nSPS) is 22.7. The number of anilines is 1. The number of amides is 1. The van der Waals surface area contributed by atoms with E-state index in [1.54, 1.807) is 30.3 Å². The Morgan fingerprint density at radius 2 is 1.97 bits per heavy atom. The molecule has 0 radical (unpaired) electrons. The highest BCUT2D eigenvalue weighted by atomic mass is 19.1. The van der Waals surface area contributed by atoms with E-state index < -0.39 is 5.60 Å². The van der Waals surface area contributed by atoms with Crippen LogP contribution in [0.15, 0.2) is 47.3 Å². The molecule has 0 aliphatic carbocycles. The second-order valence-corrected chi connectivity index (χ2v) is 7.70. The molecule has 1 aromatic heterocycles. The molecule has 1 aliphatic heterocycles. The van der Waals surface area contributed by atoms with Crippen LogP contribution in [0.1, 0.15) is 18.9 Å². The maximum Gasteiger partial charge on any atom is 0.323 e. The van der Waals surface area contributed by atoms with Gasteiger partial charge in [-0.15, -0.1) is 0 Å². The van der Waals surface area contributed by atoms with Gasteiger partial charge in [-0.3, -0.25) is 9.69 Å². The Bertz CT molecular complexity index is 1090. The Hall–Kier alpha value is -2.97. The molecule has 4 N–H and O–H groups in total. The minimum absolute atomic E-state index is 0.115. The number of imidazole rings is 1. The Morgan fingerprint density at radius 3 is 2.69 bits per heavy atom. The fourth-order valence-corrected chi connectivity index (χ4v) is 4.03. The lowest BCUT2D eigenvalue weighted by atomic mass is 9.77. The third kappa shape index (κ3) is 3.94. The molecule has 1 fully saturated rings. The number of aromatic nitrogens is 2. The van der Waals surface area contributed by atoms with E-state index in [1.165, 1.54) is 12.1 Å². The maximum atomic E-state index is 13.2. The fourth-order valence-electron chi connectivity index (χ4n) is 4.03. The second kappa shape index (κ2) is 7.46. The highest BCUT2D eigenvalue weighted by molar-refractivity contribution is 5.94. The van der Waals surface area contributed by atoms with Crippen molar-refractivity contribution in [1.82, 2.24) is 14.9 Å². The number of halogens is 1. The minimum atomic E-state index is -1.04. The van der Waals surface area contributed by atoms with Gasteiger partial charge in [0.15, 0.2) is 0 Å². The van der Waals surface area contributed by atoms with Crippen molar-refractivity contribution in [3.8, 4) is 0 Å². The zero-order valence-electron chi connectivity index (χ0n) is 16.0. The first-order chi connectivity index (χ1) is 13.8. The van der Waals surface area contributed by atoms with Crippen molar-refractivity contribution in [2.75, 3.05) is 25.0 Å². The third-order valence-electron chi connectivity index (χ3n) is 5.67. The molecular weight excluding hydrogens is 375 g/mol. The van der Waals surface area contributed by atoms with Crippen LogP contribution in [0.5, 0.6) is 0 Å². The van der Waals surface area contributed by atoms with Crippen molar-refractivity contribution >= 4 is 22.6 Å². The molecule has 0 spiro atoms. The Morgan fingerprint density at radius 1 is 1.24 bits per heavy atom. The largest absolute Gasteiger partial charge is 0.385 e. The van der Waals surface area contributed by atoms with Gasteiger partial charge in [-0.25, -0.2) is 9.18 Å². The molecule has 0 unspecified atom stereocenters. The molecule has 152 valence electrons. The molecule has 1 aliphatic rings. The molecule has 3 aromatic rings. The summed E-state index contributed by atoms with van der Waals surface area (Å²) in [6.45, 7) is 3.23. The number of rotatable bonds is 4. The molecule has 0 bridgehead atoms. The molecule has 2 atom stereocenters. The molecule has 2 heterocycles. The lowest BCUT2D eigenvalue weighted by Crippen LogP contribution is -2.50. The van der Waals surface area contributed by atoms with Gasteiger partial charge in [0, 0.05) is 24.7 Å². The summed E-state index contributed by atoms with van der Waals surface area (Å²) < 4.78 is 13.2. The van der Waals surface area contributed by atoms with Crippen LogP contribution in [0.3, 0.4) is 0 Å². The van der Waals surface area contributed by atoms with E-state index in [-0.39, 0.29) is 29.9 Å². The standard InChI is InChI=1S/C21H23FN4O3/c1-13-11-26(9-8-21(13,29)14-2-4-15(22)5-3-14)12-19(27)23-16-6-7-17-18(10-16)25-20(28)24-17/h2-7,10,13,29H,8-9,11-12H2,1H3,(H,23,27)(H2,24,25,28)/t13-,21-/m1/s1. The van der Waals surface area contributed by atoms with Gasteiger partial charge < -0.3 is 20.4 Å². The van der Waals surface area contributed by atoms with Gasteiger partial charge in [-0.05, 0) is 42.3 Å². The number of aliphatic hydroxyl groups is 1. The van der Waals surface area contributed by atoms with E-state index >= 15 is 0 Å². The summed E-state index contributed by atoms with van der Waals surface area (Å²) in [6.07, 6.45) is 0.462. The molecule has 4 rings (SSSR count).